The van der Waals surface area contributed by atoms with Crippen molar-refractivity contribution >= 4 is 32.9 Å². The summed E-state index contributed by atoms with van der Waals surface area (Å²) in [7, 11) is 0. The number of amidine groups is 1. The Morgan fingerprint density at radius 2 is 1.94 bits per heavy atom. The summed E-state index contributed by atoms with van der Waals surface area (Å²) in [6.07, 6.45) is 0. The smallest absolute Gasteiger partial charge is 0.157 e. The summed E-state index contributed by atoms with van der Waals surface area (Å²) in [5.41, 5.74) is 1.29. The van der Waals surface area contributed by atoms with Crippen molar-refractivity contribution in [2.75, 3.05) is 5.75 Å². The molecule has 2 nitrogen and oxygen atoms in total. The zero-order chi connectivity index (χ0) is 13.1. The van der Waals surface area contributed by atoms with Gasteiger partial charge in [0.15, 0.2) is 5.17 Å². The Labute approximate surface area is 122 Å². The van der Waals surface area contributed by atoms with Gasteiger partial charge in [0.1, 0.15) is 0 Å². The molecule has 98 valence electrons. The van der Waals surface area contributed by atoms with Crippen LogP contribution in [0.1, 0.15) is 32.4 Å². The molecular formula is C14H19BrN2S. The van der Waals surface area contributed by atoms with Gasteiger partial charge in [-0.1, -0.05) is 53.7 Å². The first kappa shape index (κ1) is 13.9. The Morgan fingerprint density at radius 3 is 2.50 bits per heavy atom. The van der Waals surface area contributed by atoms with Gasteiger partial charge in [0.05, 0.1) is 12.1 Å². The maximum atomic E-state index is 4.73. The highest BCUT2D eigenvalue weighted by Crippen LogP contribution is 2.24. The molecule has 1 aromatic carbocycles. The van der Waals surface area contributed by atoms with Gasteiger partial charge in [-0.3, -0.25) is 4.99 Å². The molecular weight excluding hydrogens is 308 g/mol. The first-order chi connectivity index (χ1) is 8.56. The average molecular weight is 327 g/mol. The lowest BCUT2D eigenvalue weighted by atomic mass is 10.1. The molecule has 0 aromatic heterocycles. The lowest BCUT2D eigenvalue weighted by Gasteiger charge is -2.15. The first-order valence-electron chi connectivity index (χ1n) is 6.29. The normalized spacial score (nSPS) is 20.9. The summed E-state index contributed by atoms with van der Waals surface area (Å²) in [6.45, 7) is 6.64. The minimum atomic E-state index is 0.301. The molecule has 0 saturated heterocycles. The number of nitrogens with one attached hydrogen (secondary N) is 1. The van der Waals surface area contributed by atoms with Gasteiger partial charge in [0.25, 0.3) is 0 Å². The van der Waals surface area contributed by atoms with E-state index in [2.05, 4.69) is 66.3 Å². The zero-order valence-corrected chi connectivity index (χ0v) is 13.4. The molecule has 0 saturated carbocycles. The van der Waals surface area contributed by atoms with Crippen LogP contribution in [0, 0.1) is 5.92 Å². The van der Waals surface area contributed by atoms with E-state index in [0.717, 1.165) is 15.4 Å². The van der Waals surface area contributed by atoms with Gasteiger partial charge in [0.2, 0.25) is 0 Å². The summed E-state index contributed by atoms with van der Waals surface area (Å²) >= 11 is 5.29. The van der Waals surface area contributed by atoms with Crippen molar-refractivity contribution in [3.8, 4) is 0 Å². The van der Waals surface area contributed by atoms with Gasteiger partial charge in [-0.15, -0.1) is 0 Å². The molecule has 1 aliphatic rings. The molecule has 0 radical (unpaired) electrons. The highest BCUT2D eigenvalue weighted by Gasteiger charge is 2.22. The summed E-state index contributed by atoms with van der Waals surface area (Å²) in [4.78, 5) is 4.73. The predicted octanol–water partition coefficient (Wildman–Crippen LogP) is 4.23. The highest BCUT2D eigenvalue weighted by molar-refractivity contribution is 9.10. The number of rotatable bonds is 3. The summed E-state index contributed by atoms with van der Waals surface area (Å²) in [5.74, 6) is 1.73. The van der Waals surface area contributed by atoms with Crippen molar-refractivity contribution < 1.29 is 0 Å². The van der Waals surface area contributed by atoms with E-state index in [4.69, 9.17) is 4.99 Å². The molecule has 4 heteroatoms. The van der Waals surface area contributed by atoms with Crippen LogP contribution in [0.15, 0.2) is 33.7 Å². The minimum Gasteiger partial charge on any atom is -0.358 e. The quantitative estimate of drug-likeness (QED) is 0.898. The summed E-state index contributed by atoms with van der Waals surface area (Å²) in [6, 6.07) is 9.20. The summed E-state index contributed by atoms with van der Waals surface area (Å²) < 4.78 is 1.12. The second-order valence-electron chi connectivity index (χ2n) is 4.97. The minimum absolute atomic E-state index is 0.301. The SMILES string of the molecule is CC(NC1=NC(C(C)C)CS1)c1ccc(Br)cc1. The van der Waals surface area contributed by atoms with Crippen molar-refractivity contribution in [2.45, 2.75) is 32.9 Å². The third-order valence-corrected chi connectivity index (χ3v) is 4.69. The Balaban J connectivity index is 1.98. The fourth-order valence-electron chi connectivity index (χ4n) is 1.83. The van der Waals surface area contributed by atoms with Crippen molar-refractivity contribution in [2.24, 2.45) is 10.9 Å². The molecule has 0 amide bonds. The van der Waals surface area contributed by atoms with E-state index >= 15 is 0 Å². The van der Waals surface area contributed by atoms with Gasteiger partial charge in [-0.2, -0.15) is 0 Å². The molecule has 2 unspecified atom stereocenters. The second kappa shape index (κ2) is 6.11. The molecule has 0 aliphatic carbocycles. The van der Waals surface area contributed by atoms with E-state index < -0.39 is 0 Å². The molecule has 18 heavy (non-hydrogen) atoms. The number of hydrogen-bond acceptors (Lipinski definition) is 3. The number of halogens is 1. The Bertz CT molecular complexity index is 428. The number of aliphatic imine (C=N–C) groups is 1. The maximum absolute atomic E-state index is 4.73. The van der Waals surface area contributed by atoms with Crippen molar-refractivity contribution in [1.29, 1.82) is 0 Å². The van der Waals surface area contributed by atoms with Crippen LogP contribution in [0.5, 0.6) is 0 Å². The fraction of sp³-hybridized carbons (Fsp3) is 0.500. The molecule has 2 atom stereocenters. The molecule has 0 bridgehead atoms. The van der Waals surface area contributed by atoms with Crippen LogP contribution in [-0.2, 0) is 0 Å². The van der Waals surface area contributed by atoms with E-state index in [1.165, 1.54) is 5.56 Å². The predicted molar refractivity (Wildman–Crippen MR) is 84.2 cm³/mol. The topological polar surface area (TPSA) is 24.4 Å². The van der Waals surface area contributed by atoms with Crippen LogP contribution in [-0.4, -0.2) is 17.0 Å². The van der Waals surface area contributed by atoms with Crippen LogP contribution in [0.25, 0.3) is 0 Å². The van der Waals surface area contributed by atoms with Gasteiger partial charge >= 0.3 is 0 Å². The second-order valence-corrected chi connectivity index (χ2v) is 6.90. The van der Waals surface area contributed by atoms with Crippen LogP contribution in [0.4, 0.5) is 0 Å². The van der Waals surface area contributed by atoms with E-state index in [0.29, 0.717) is 18.0 Å². The lowest BCUT2D eigenvalue weighted by molar-refractivity contribution is 0.541. The highest BCUT2D eigenvalue weighted by atomic mass is 79.9. The molecule has 1 aliphatic heterocycles. The standard InChI is InChI=1S/C14H19BrN2S/c1-9(2)13-8-18-14(17-13)16-10(3)11-4-6-12(15)7-5-11/h4-7,9-10,13H,8H2,1-3H3,(H,16,17). The van der Waals surface area contributed by atoms with Crippen LogP contribution in [0.3, 0.4) is 0 Å². The lowest BCUT2D eigenvalue weighted by Crippen LogP contribution is -2.23. The zero-order valence-electron chi connectivity index (χ0n) is 11.0. The van der Waals surface area contributed by atoms with E-state index in [9.17, 15) is 0 Å². The Morgan fingerprint density at radius 1 is 1.28 bits per heavy atom. The Kier molecular flexibility index (Phi) is 4.73. The van der Waals surface area contributed by atoms with Crippen molar-refractivity contribution in [3.63, 3.8) is 0 Å². The number of benzene rings is 1. The van der Waals surface area contributed by atoms with E-state index in [1.807, 2.05) is 11.8 Å². The van der Waals surface area contributed by atoms with Gasteiger partial charge < -0.3 is 5.32 Å². The van der Waals surface area contributed by atoms with Gasteiger partial charge in [-0.05, 0) is 30.5 Å². The van der Waals surface area contributed by atoms with Crippen LogP contribution >= 0.6 is 27.7 Å². The monoisotopic (exact) mass is 326 g/mol. The largest absolute Gasteiger partial charge is 0.358 e. The van der Waals surface area contributed by atoms with Gasteiger partial charge in [0, 0.05) is 10.2 Å². The molecule has 2 rings (SSSR count). The Hall–Kier alpha value is -0.480. The van der Waals surface area contributed by atoms with Crippen molar-refractivity contribution in [3.05, 3.63) is 34.3 Å². The molecule has 1 aromatic rings. The molecule has 1 heterocycles. The van der Waals surface area contributed by atoms with E-state index in [1.54, 1.807) is 0 Å². The average Bonchev–Trinajstić information content (AvgIpc) is 2.78. The number of hydrogen-bond donors (Lipinski definition) is 1. The maximum Gasteiger partial charge on any atom is 0.157 e. The third kappa shape index (κ3) is 3.51. The molecule has 1 N–H and O–H groups in total. The first-order valence-corrected chi connectivity index (χ1v) is 8.06. The number of nitrogens with zero attached hydrogens (tertiary/aromatic N) is 1. The third-order valence-electron chi connectivity index (χ3n) is 3.15. The number of thioether (sulfide) groups is 1. The van der Waals surface area contributed by atoms with Gasteiger partial charge in [-0.25, -0.2) is 0 Å². The summed E-state index contributed by atoms with van der Waals surface area (Å²) in [5, 5.41) is 4.58. The molecule has 0 fully saturated rings. The van der Waals surface area contributed by atoms with Crippen LogP contribution < -0.4 is 5.32 Å². The van der Waals surface area contributed by atoms with Crippen LogP contribution in [0.2, 0.25) is 0 Å². The van der Waals surface area contributed by atoms with Crippen molar-refractivity contribution in [1.82, 2.24) is 5.32 Å². The fourth-order valence-corrected chi connectivity index (χ4v) is 3.35. The van der Waals surface area contributed by atoms with E-state index in [-0.39, 0.29) is 0 Å². The molecule has 0 spiro atoms.